The Morgan fingerprint density at radius 2 is 1.67 bits per heavy atom. The summed E-state index contributed by atoms with van der Waals surface area (Å²) in [7, 11) is 0. The van der Waals surface area contributed by atoms with E-state index in [0.29, 0.717) is 6.54 Å². The molecule has 1 aliphatic heterocycles. The fourth-order valence-electron chi connectivity index (χ4n) is 5.99. The molecular weight excluding hydrogens is 264 g/mol. The van der Waals surface area contributed by atoms with E-state index in [1.54, 1.807) is 0 Å². The van der Waals surface area contributed by atoms with Crippen molar-refractivity contribution in [3.8, 4) is 0 Å². The van der Waals surface area contributed by atoms with E-state index < -0.39 is 0 Å². The van der Waals surface area contributed by atoms with E-state index >= 15 is 0 Å². The zero-order valence-corrected chi connectivity index (χ0v) is 12.9. The summed E-state index contributed by atoms with van der Waals surface area (Å²) in [5, 5.41) is 2.90. The van der Waals surface area contributed by atoms with Gasteiger partial charge in [0, 0.05) is 5.54 Å². The van der Waals surface area contributed by atoms with E-state index in [9.17, 15) is 9.59 Å². The van der Waals surface area contributed by atoms with Crippen LogP contribution in [0.2, 0.25) is 0 Å². The Labute approximate surface area is 126 Å². The van der Waals surface area contributed by atoms with E-state index in [0.717, 1.165) is 49.9 Å². The minimum Gasteiger partial charge on any atom is -0.343 e. The molecule has 1 heterocycles. The van der Waals surface area contributed by atoms with Gasteiger partial charge < -0.3 is 10.2 Å². The Morgan fingerprint density at radius 3 is 2.19 bits per heavy atom. The Morgan fingerprint density at radius 1 is 1.10 bits per heavy atom. The summed E-state index contributed by atoms with van der Waals surface area (Å²) in [5.74, 6) is 2.65. The van der Waals surface area contributed by atoms with E-state index in [1.165, 1.54) is 19.3 Å². The summed E-state index contributed by atoms with van der Waals surface area (Å²) >= 11 is 0. The Kier molecular flexibility index (Phi) is 3.05. The van der Waals surface area contributed by atoms with Crippen LogP contribution in [0.5, 0.6) is 0 Å². The van der Waals surface area contributed by atoms with Crippen LogP contribution >= 0.6 is 0 Å². The standard InChI is InChI=1S/C17H26N2O2/c1-2-3-14-16(21)19(10-15(20)18-14)17-7-11-4-12(8-17)6-13(5-11)9-17/h11-14H,2-10H2,1H3,(H,18,20). The second-order valence-corrected chi connectivity index (χ2v) is 7.98. The first-order chi connectivity index (χ1) is 10.1. The highest BCUT2D eigenvalue weighted by Crippen LogP contribution is 2.58. The molecule has 1 atom stereocenters. The van der Waals surface area contributed by atoms with E-state index in [4.69, 9.17) is 0 Å². The third-order valence-electron chi connectivity index (χ3n) is 6.36. The molecule has 4 aliphatic carbocycles. The number of hydrogen-bond donors (Lipinski definition) is 1. The van der Waals surface area contributed by atoms with Gasteiger partial charge in [-0.3, -0.25) is 9.59 Å². The molecule has 5 rings (SSSR count). The molecule has 0 spiro atoms. The molecule has 2 amide bonds. The van der Waals surface area contributed by atoms with Crippen molar-refractivity contribution < 1.29 is 9.59 Å². The van der Waals surface area contributed by atoms with Crippen molar-refractivity contribution in [2.45, 2.75) is 69.9 Å². The third-order valence-corrected chi connectivity index (χ3v) is 6.36. The van der Waals surface area contributed by atoms with Crippen molar-refractivity contribution in [3.05, 3.63) is 0 Å². The summed E-state index contributed by atoms with van der Waals surface area (Å²) in [6.07, 6.45) is 9.26. The number of nitrogens with one attached hydrogen (secondary N) is 1. The Bertz CT molecular complexity index is 438. The second-order valence-electron chi connectivity index (χ2n) is 7.98. The van der Waals surface area contributed by atoms with Crippen molar-refractivity contribution in [1.29, 1.82) is 0 Å². The molecule has 4 heteroatoms. The topological polar surface area (TPSA) is 49.4 Å². The molecule has 4 nitrogen and oxygen atoms in total. The summed E-state index contributed by atoms with van der Waals surface area (Å²) in [6.45, 7) is 2.37. The maximum absolute atomic E-state index is 12.9. The molecule has 0 aromatic carbocycles. The number of nitrogens with zero attached hydrogens (tertiary/aromatic N) is 1. The lowest BCUT2D eigenvalue weighted by Crippen LogP contribution is -2.69. The van der Waals surface area contributed by atoms with Crippen LogP contribution in [0.4, 0.5) is 0 Å². The fourth-order valence-corrected chi connectivity index (χ4v) is 5.99. The molecule has 0 radical (unpaired) electrons. The minimum atomic E-state index is -0.274. The predicted molar refractivity (Wildman–Crippen MR) is 79.5 cm³/mol. The first-order valence-corrected chi connectivity index (χ1v) is 8.70. The first kappa shape index (κ1) is 13.6. The normalized spacial score (nSPS) is 45.1. The van der Waals surface area contributed by atoms with Crippen LogP contribution in [0.25, 0.3) is 0 Å². The zero-order chi connectivity index (χ0) is 14.6. The van der Waals surface area contributed by atoms with Gasteiger partial charge in [-0.25, -0.2) is 0 Å². The molecule has 4 bridgehead atoms. The van der Waals surface area contributed by atoms with Crippen molar-refractivity contribution in [2.75, 3.05) is 6.54 Å². The van der Waals surface area contributed by atoms with E-state index in [-0.39, 0.29) is 23.4 Å². The first-order valence-electron chi connectivity index (χ1n) is 8.70. The predicted octanol–water partition coefficient (Wildman–Crippen LogP) is 2.08. The number of hydrogen-bond acceptors (Lipinski definition) is 2. The highest BCUT2D eigenvalue weighted by atomic mass is 16.2. The van der Waals surface area contributed by atoms with Gasteiger partial charge in [-0.05, 0) is 62.7 Å². The van der Waals surface area contributed by atoms with Gasteiger partial charge in [-0.15, -0.1) is 0 Å². The van der Waals surface area contributed by atoms with Gasteiger partial charge in [0.15, 0.2) is 0 Å². The second kappa shape index (κ2) is 4.72. The lowest BCUT2D eigenvalue weighted by atomic mass is 9.52. The molecule has 1 N–H and O–H groups in total. The van der Waals surface area contributed by atoms with Crippen LogP contribution in [0.15, 0.2) is 0 Å². The van der Waals surface area contributed by atoms with Crippen molar-refractivity contribution >= 4 is 11.8 Å². The quantitative estimate of drug-likeness (QED) is 0.865. The summed E-state index contributed by atoms with van der Waals surface area (Å²) in [6, 6.07) is -0.274. The summed E-state index contributed by atoms with van der Waals surface area (Å²) in [4.78, 5) is 27.0. The van der Waals surface area contributed by atoms with Crippen LogP contribution in [0, 0.1) is 17.8 Å². The molecule has 116 valence electrons. The number of amides is 2. The maximum atomic E-state index is 12.9. The number of piperazine rings is 1. The summed E-state index contributed by atoms with van der Waals surface area (Å²) in [5.41, 5.74) is 0.0234. The molecule has 1 unspecified atom stereocenters. The molecule has 1 saturated heterocycles. The van der Waals surface area contributed by atoms with Gasteiger partial charge in [0.2, 0.25) is 11.8 Å². The average Bonchev–Trinajstić information content (AvgIpc) is 2.41. The smallest absolute Gasteiger partial charge is 0.246 e. The van der Waals surface area contributed by atoms with E-state index in [1.807, 2.05) is 4.90 Å². The van der Waals surface area contributed by atoms with Gasteiger partial charge in [-0.2, -0.15) is 0 Å². The maximum Gasteiger partial charge on any atom is 0.246 e. The molecule has 21 heavy (non-hydrogen) atoms. The van der Waals surface area contributed by atoms with Gasteiger partial charge >= 0.3 is 0 Å². The van der Waals surface area contributed by atoms with Crippen LogP contribution < -0.4 is 5.32 Å². The molecule has 0 aromatic heterocycles. The molecule has 5 fully saturated rings. The van der Waals surface area contributed by atoms with Gasteiger partial charge in [-0.1, -0.05) is 13.3 Å². The number of carbonyl (C=O) groups excluding carboxylic acids is 2. The monoisotopic (exact) mass is 290 g/mol. The highest BCUT2D eigenvalue weighted by Gasteiger charge is 2.56. The molecule has 0 aromatic rings. The van der Waals surface area contributed by atoms with Gasteiger partial charge in [0.05, 0.1) is 0 Å². The highest BCUT2D eigenvalue weighted by molar-refractivity contribution is 5.95. The van der Waals surface area contributed by atoms with Crippen molar-refractivity contribution in [3.63, 3.8) is 0 Å². The van der Waals surface area contributed by atoms with Crippen molar-refractivity contribution in [1.82, 2.24) is 10.2 Å². The van der Waals surface area contributed by atoms with Crippen LogP contribution in [0.3, 0.4) is 0 Å². The van der Waals surface area contributed by atoms with Gasteiger partial charge in [0.1, 0.15) is 12.6 Å². The largest absolute Gasteiger partial charge is 0.343 e. The van der Waals surface area contributed by atoms with Crippen LogP contribution in [-0.4, -0.2) is 34.8 Å². The van der Waals surface area contributed by atoms with Gasteiger partial charge in [0.25, 0.3) is 0 Å². The minimum absolute atomic E-state index is 0.0234. The van der Waals surface area contributed by atoms with Crippen molar-refractivity contribution in [2.24, 2.45) is 17.8 Å². The third kappa shape index (κ3) is 2.09. The number of carbonyl (C=O) groups is 2. The van der Waals surface area contributed by atoms with E-state index in [2.05, 4.69) is 12.2 Å². The lowest BCUT2D eigenvalue weighted by Gasteiger charge is -2.61. The SMILES string of the molecule is CCCC1NC(=O)CN(C23CC4CC(CC(C4)C2)C3)C1=O. The Hall–Kier alpha value is -1.06. The van der Waals surface area contributed by atoms with Crippen LogP contribution in [0.1, 0.15) is 58.3 Å². The summed E-state index contributed by atoms with van der Waals surface area (Å²) < 4.78 is 0. The zero-order valence-electron chi connectivity index (χ0n) is 12.9. The average molecular weight is 290 g/mol. The fraction of sp³-hybridized carbons (Fsp3) is 0.882. The number of rotatable bonds is 3. The Balaban J connectivity index is 1.62. The molecular formula is C17H26N2O2. The molecule has 5 aliphatic rings. The lowest BCUT2D eigenvalue weighted by molar-refractivity contribution is -0.162. The van der Waals surface area contributed by atoms with Crippen LogP contribution in [-0.2, 0) is 9.59 Å². The molecule has 4 saturated carbocycles.